The first-order valence-corrected chi connectivity index (χ1v) is 15.9. The lowest BCUT2D eigenvalue weighted by molar-refractivity contribution is -0.120. The third-order valence-corrected chi connectivity index (χ3v) is 9.04. The van der Waals surface area contributed by atoms with Gasteiger partial charge in [0.05, 0.1) is 30.7 Å². The number of aliphatic imine (C=N–C) groups is 1. The zero-order chi connectivity index (χ0) is 32.8. The zero-order valence-electron chi connectivity index (χ0n) is 25.5. The molecule has 2 N–H and O–H groups in total. The number of aromatic carboxylic acids is 1. The lowest BCUT2D eigenvalue weighted by atomic mass is 10.1. The van der Waals surface area contributed by atoms with Gasteiger partial charge >= 0.3 is 5.97 Å². The first-order chi connectivity index (χ1) is 22.1. The second-order valence-electron chi connectivity index (χ2n) is 10.5. The number of carbonyl (C=O) groups is 2. The second-order valence-corrected chi connectivity index (χ2v) is 12.3. The second kappa shape index (κ2) is 13.7. The minimum Gasteiger partial charge on any atom is -0.495 e. The normalized spacial score (nSPS) is 14.0. The molecule has 0 aliphatic carbocycles. The van der Waals surface area contributed by atoms with Crippen LogP contribution >= 0.6 is 0 Å². The Bertz CT molecular complexity index is 1910. The van der Waals surface area contributed by atoms with Crippen molar-refractivity contribution in [2.24, 2.45) is 4.99 Å². The molecule has 1 heterocycles. The predicted molar refractivity (Wildman–Crippen MR) is 173 cm³/mol. The van der Waals surface area contributed by atoms with E-state index in [2.05, 4.69) is 10.3 Å². The molecule has 238 valence electrons. The monoisotopic (exact) mass is 643 g/mol. The van der Waals surface area contributed by atoms with E-state index in [-0.39, 0.29) is 47.3 Å². The third-order valence-electron chi connectivity index (χ3n) is 7.19. The van der Waals surface area contributed by atoms with Crippen molar-refractivity contribution in [3.63, 3.8) is 0 Å². The number of amidine groups is 1. The highest BCUT2D eigenvalue weighted by Gasteiger charge is 2.41. The van der Waals surface area contributed by atoms with Gasteiger partial charge in [0, 0.05) is 13.0 Å². The van der Waals surface area contributed by atoms with Gasteiger partial charge in [0.2, 0.25) is 6.10 Å². The summed E-state index contributed by atoms with van der Waals surface area (Å²) in [5, 5.41) is 12.3. The number of para-hydroxylation sites is 3. The molecular formula is C34H33N3O8S. The number of hydrogen-bond donors (Lipinski definition) is 2. The molecule has 1 amide bonds. The Morgan fingerprint density at radius 3 is 2.46 bits per heavy atom. The average Bonchev–Trinajstić information content (AvgIpc) is 3.04. The summed E-state index contributed by atoms with van der Waals surface area (Å²) in [7, 11) is -2.75. The molecule has 12 heteroatoms. The van der Waals surface area contributed by atoms with Crippen molar-refractivity contribution in [2.45, 2.75) is 31.3 Å². The van der Waals surface area contributed by atoms with Gasteiger partial charge < -0.3 is 24.6 Å². The van der Waals surface area contributed by atoms with Crippen LogP contribution in [0.25, 0.3) is 0 Å². The van der Waals surface area contributed by atoms with E-state index >= 15 is 0 Å². The fourth-order valence-electron chi connectivity index (χ4n) is 4.97. The summed E-state index contributed by atoms with van der Waals surface area (Å²) in [4.78, 5) is 30.3. The number of hydrogen-bond acceptors (Lipinski definition) is 8. The van der Waals surface area contributed by atoms with E-state index in [4.69, 9.17) is 14.2 Å². The van der Waals surface area contributed by atoms with Crippen LogP contribution < -0.4 is 19.5 Å². The van der Waals surface area contributed by atoms with E-state index in [9.17, 15) is 23.1 Å². The zero-order valence-corrected chi connectivity index (χ0v) is 26.3. The number of aryl methyl sites for hydroxylation is 2. The number of carboxylic acid groups (broad SMARTS) is 1. The molecule has 0 saturated heterocycles. The molecule has 11 nitrogen and oxygen atoms in total. The molecule has 0 fully saturated rings. The molecule has 1 atom stereocenters. The van der Waals surface area contributed by atoms with Crippen molar-refractivity contribution in [3.05, 3.63) is 108 Å². The number of nitrogens with zero attached hydrogens (tertiary/aromatic N) is 2. The number of ether oxygens (including phenoxy) is 3. The molecular weight excluding hydrogens is 610 g/mol. The van der Waals surface area contributed by atoms with E-state index in [0.717, 1.165) is 15.4 Å². The number of rotatable bonds is 12. The molecule has 4 aromatic rings. The molecule has 46 heavy (non-hydrogen) atoms. The van der Waals surface area contributed by atoms with Gasteiger partial charge in [-0.05, 0) is 67.9 Å². The van der Waals surface area contributed by atoms with Gasteiger partial charge in [0.25, 0.3) is 15.9 Å². The number of sulfonamides is 1. The Morgan fingerprint density at radius 1 is 0.935 bits per heavy atom. The molecule has 5 rings (SSSR count). The highest BCUT2D eigenvalue weighted by molar-refractivity contribution is 7.90. The van der Waals surface area contributed by atoms with Gasteiger partial charge in [0.1, 0.15) is 22.1 Å². The number of anilines is 1. The summed E-state index contributed by atoms with van der Waals surface area (Å²) in [5.74, 6) is -1.07. The van der Waals surface area contributed by atoms with Crippen molar-refractivity contribution in [1.82, 2.24) is 4.31 Å². The summed E-state index contributed by atoms with van der Waals surface area (Å²) >= 11 is 0. The van der Waals surface area contributed by atoms with Crippen LogP contribution in [-0.4, -0.2) is 61.9 Å². The number of carbonyl (C=O) groups excluding carboxylic acids is 1. The highest BCUT2D eigenvalue weighted by Crippen LogP contribution is 2.34. The van der Waals surface area contributed by atoms with Gasteiger partial charge in [-0.15, -0.1) is 0 Å². The van der Waals surface area contributed by atoms with Gasteiger partial charge in [-0.3, -0.25) is 4.79 Å². The van der Waals surface area contributed by atoms with Gasteiger partial charge in [0.15, 0.2) is 5.84 Å². The van der Waals surface area contributed by atoms with E-state index < -0.39 is 28.0 Å². The van der Waals surface area contributed by atoms with Crippen LogP contribution in [0.5, 0.6) is 17.2 Å². The van der Waals surface area contributed by atoms with Crippen LogP contribution in [0.3, 0.4) is 0 Å². The maximum absolute atomic E-state index is 14.1. The van der Waals surface area contributed by atoms with E-state index in [1.54, 1.807) is 36.4 Å². The van der Waals surface area contributed by atoms with Gasteiger partial charge in [-0.1, -0.05) is 48.0 Å². The molecule has 1 unspecified atom stereocenters. The number of methoxy groups -OCH3 is 1. The molecule has 0 aromatic heterocycles. The summed E-state index contributed by atoms with van der Waals surface area (Å²) in [6.07, 6.45) is -1.37. The van der Waals surface area contributed by atoms with Gasteiger partial charge in [-0.25, -0.2) is 22.5 Å². The van der Waals surface area contributed by atoms with Crippen LogP contribution in [0.1, 0.15) is 27.9 Å². The molecule has 0 spiro atoms. The van der Waals surface area contributed by atoms with Crippen LogP contribution in [0.4, 0.5) is 11.4 Å². The first kappa shape index (κ1) is 32.0. The minimum atomic E-state index is -4.20. The lowest BCUT2D eigenvalue weighted by Gasteiger charge is -2.33. The summed E-state index contributed by atoms with van der Waals surface area (Å²) in [5.41, 5.74) is 2.42. The van der Waals surface area contributed by atoms with Crippen LogP contribution in [0.15, 0.2) is 101 Å². The van der Waals surface area contributed by atoms with Crippen LogP contribution in [0.2, 0.25) is 0 Å². The van der Waals surface area contributed by atoms with Crippen molar-refractivity contribution < 1.29 is 37.3 Å². The SMILES string of the molecule is COc1ccccc1NC(=O)C(Oc1cccc(C(=O)O)c1)C1=Nc2ccccc2S(=O)(=O)N1CCCOc1ccc(C)cc1C. The Kier molecular flexibility index (Phi) is 9.57. The van der Waals surface area contributed by atoms with E-state index in [1.807, 2.05) is 32.0 Å². The molecule has 4 aromatic carbocycles. The Labute approximate surface area is 267 Å². The van der Waals surface area contributed by atoms with Crippen molar-refractivity contribution >= 4 is 39.1 Å². The minimum absolute atomic E-state index is 0.0224. The summed E-state index contributed by atoms with van der Waals surface area (Å²) < 4.78 is 46.6. The number of amides is 1. The third kappa shape index (κ3) is 6.97. The predicted octanol–water partition coefficient (Wildman–Crippen LogP) is 5.60. The Balaban J connectivity index is 1.52. The fraction of sp³-hybridized carbons (Fsp3) is 0.206. The number of carboxylic acids is 1. The van der Waals surface area contributed by atoms with Crippen molar-refractivity contribution in [2.75, 3.05) is 25.6 Å². The average molecular weight is 644 g/mol. The lowest BCUT2D eigenvalue weighted by Crippen LogP contribution is -2.52. The van der Waals surface area contributed by atoms with Gasteiger partial charge in [-0.2, -0.15) is 0 Å². The molecule has 0 saturated carbocycles. The standard InChI is InChI=1S/C34H33N3O8S/c1-22-16-17-28(23(2)20-22)44-19-9-18-37-32(35-27-13-5-7-15-30(27)46(37,41)42)31(45-25-11-8-10-24(21-25)34(39)40)33(38)36-26-12-4-6-14-29(26)43-3/h4-8,10-17,20-21,31H,9,18-19H2,1-3H3,(H,36,38)(H,39,40). The topological polar surface area (TPSA) is 144 Å². The smallest absolute Gasteiger partial charge is 0.335 e. The summed E-state index contributed by atoms with van der Waals surface area (Å²) in [6, 6.07) is 24.3. The van der Waals surface area contributed by atoms with E-state index in [0.29, 0.717) is 17.2 Å². The number of benzene rings is 4. The highest BCUT2D eigenvalue weighted by atomic mass is 32.2. The summed E-state index contributed by atoms with van der Waals surface area (Å²) in [6.45, 7) is 4.01. The molecule has 0 bridgehead atoms. The fourth-order valence-corrected chi connectivity index (χ4v) is 6.59. The van der Waals surface area contributed by atoms with Crippen molar-refractivity contribution in [1.29, 1.82) is 0 Å². The maximum atomic E-state index is 14.1. The molecule has 1 aliphatic rings. The Hall–Kier alpha value is -5.36. The van der Waals surface area contributed by atoms with Crippen LogP contribution in [-0.2, 0) is 14.8 Å². The number of nitrogens with one attached hydrogen (secondary N) is 1. The Morgan fingerprint density at radius 2 is 1.70 bits per heavy atom. The van der Waals surface area contributed by atoms with Crippen molar-refractivity contribution in [3.8, 4) is 17.2 Å². The molecule has 1 aliphatic heterocycles. The van der Waals surface area contributed by atoms with E-state index in [1.165, 1.54) is 43.5 Å². The quantitative estimate of drug-likeness (QED) is 0.190. The number of fused-ring (bicyclic) bond motifs is 1. The first-order valence-electron chi connectivity index (χ1n) is 14.4. The maximum Gasteiger partial charge on any atom is 0.335 e. The molecule has 0 radical (unpaired) electrons. The largest absolute Gasteiger partial charge is 0.495 e. The van der Waals surface area contributed by atoms with Crippen LogP contribution in [0, 0.1) is 13.8 Å².